The average Bonchev–Trinajstić information content (AvgIpc) is 2.46. The van der Waals surface area contributed by atoms with Crippen LogP contribution in [0.15, 0.2) is 59.5 Å². The Balaban J connectivity index is 1.92. The standard InChI is InChI=1S/C16H18FNS/c17-16-9-5-4-8-15(16)13(12-18)10-11-19-14-6-2-1-3-7-14/h1-9,13H,10-12,18H2. The van der Waals surface area contributed by atoms with E-state index in [1.54, 1.807) is 17.8 Å². The van der Waals surface area contributed by atoms with Crippen LogP contribution in [0.1, 0.15) is 17.9 Å². The fourth-order valence-corrected chi connectivity index (χ4v) is 3.03. The molecule has 0 saturated heterocycles. The van der Waals surface area contributed by atoms with Crippen LogP contribution in [-0.4, -0.2) is 12.3 Å². The molecule has 1 atom stereocenters. The first-order chi connectivity index (χ1) is 9.31. The SMILES string of the molecule is NCC(CCSc1ccccc1)c1ccccc1F. The van der Waals surface area contributed by atoms with Crippen molar-refractivity contribution in [3.63, 3.8) is 0 Å². The molecule has 2 aromatic carbocycles. The van der Waals surface area contributed by atoms with Gasteiger partial charge < -0.3 is 5.73 Å². The normalized spacial score (nSPS) is 12.3. The molecule has 0 fully saturated rings. The van der Waals surface area contributed by atoms with Gasteiger partial charge in [-0.05, 0) is 48.4 Å². The Morgan fingerprint density at radius 2 is 1.68 bits per heavy atom. The number of thioether (sulfide) groups is 1. The van der Waals surface area contributed by atoms with Crippen LogP contribution < -0.4 is 5.73 Å². The third kappa shape index (κ3) is 4.08. The van der Waals surface area contributed by atoms with Gasteiger partial charge in [-0.15, -0.1) is 11.8 Å². The number of rotatable bonds is 6. The summed E-state index contributed by atoms with van der Waals surface area (Å²) in [5, 5.41) is 0. The summed E-state index contributed by atoms with van der Waals surface area (Å²) in [5.41, 5.74) is 6.51. The molecule has 0 aromatic heterocycles. The molecule has 2 rings (SSSR count). The van der Waals surface area contributed by atoms with E-state index in [0.717, 1.165) is 17.7 Å². The van der Waals surface area contributed by atoms with Crippen molar-refractivity contribution in [2.45, 2.75) is 17.2 Å². The van der Waals surface area contributed by atoms with Crippen LogP contribution in [0.2, 0.25) is 0 Å². The van der Waals surface area contributed by atoms with Gasteiger partial charge in [0, 0.05) is 4.90 Å². The van der Waals surface area contributed by atoms with Gasteiger partial charge in [0.05, 0.1) is 0 Å². The topological polar surface area (TPSA) is 26.0 Å². The minimum absolute atomic E-state index is 0.0948. The van der Waals surface area contributed by atoms with Crippen LogP contribution in [0.25, 0.3) is 0 Å². The number of nitrogens with two attached hydrogens (primary N) is 1. The van der Waals surface area contributed by atoms with Gasteiger partial charge in [-0.25, -0.2) is 4.39 Å². The Kier molecular flexibility index (Phi) is 5.43. The van der Waals surface area contributed by atoms with E-state index in [1.807, 2.05) is 30.3 Å². The van der Waals surface area contributed by atoms with E-state index in [4.69, 9.17) is 5.73 Å². The van der Waals surface area contributed by atoms with Crippen LogP contribution >= 0.6 is 11.8 Å². The largest absolute Gasteiger partial charge is 0.330 e. The molecule has 2 N–H and O–H groups in total. The lowest BCUT2D eigenvalue weighted by Gasteiger charge is -2.15. The van der Waals surface area contributed by atoms with Crippen molar-refractivity contribution in [2.75, 3.05) is 12.3 Å². The molecule has 1 nitrogen and oxygen atoms in total. The fourth-order valence-electron chi connectivity index (χ4n) is 2.04. The van der Waals surface area contributed by atoms with Gasteiger partial charge in [-0.1, -0.05) is 36.4 Å². The second kappa shape index (κ2) is 7.31. The summed E-state index contributed by atoms with van der Waals surface area (Å²) >= 11 is 1.79. The lowest BCUT2D eigenvalue weighted by Crippen LogP contribution is -2.14. The highest BCUT2D eigenvalue weighted by atomic mass is 32.2. The molecule has 0 heterocycles. The smallest absolute Gasteiger partial charge is 0.126 e. The molecule has 0 bridgehead atoms. The van der Waals surface area contributed by atoms with Gasteiger partial charge in [0.25, 0.3) is 0 Å². The zero-order valence-electron chi connectivity index (χ0n) is 10.8. The number of benzene rings is 2. The molecule has 19 heavy (non-hydrogen) atoms. The van der Waals surface area contributed by atoms with Crippen LogP contribution in [0.4, 0.5) is 4.39 Å². The third-order valence-corrected chi connectivity index (χ3v) is 4.15. The Bertz CT molecular complexity index is 501. The van der Waals surface area contributed by atoms with Crippen molar-refractivity contribution >= 4 is 11.8 Å². The summed E-state index contributed by atoms with van der Waals surface area (Å²) in [5.74, 6) is 0.889. The Hall–Kier alpha value is -1.32. The summed E-state index contributed by atoms with van der Waals surface area (Å²) in [6.45, 7) is 0.482. The lowest BCUT2D eigenvalue weighted by atomic mass is 9.96. The first-order valence-electron chi connectivity index (χ1n) is 6.43. The summed E-state index contributed by atoms with van der Waals surface area (Å²) < 4.78 is 13.7. The predicted octanol–water partition coefficient (Wildman–Crippen LogP) is 4.05. The molecule has 0 radical (unpaired) electrons. The van der Waals surface area contributed by atoms with Gasteiger partial charge >= 0.3 is 0 Å². The molecular weight excluding hydrogens is 257 g/mol. The lowest BCUT2D eigenvalue weighted by molar-refractivity contribution is 0.572. The van der Waals surface area contributed by atoms with Gasteiger partial charge in [-0.3, -0.25) is 0 Å². The Labute approximate surface area is 118 Å². The molecular formula is C16H18FNS. The molecule has 0 aliphatic rings. The summed E-state index contributed by atoms with van der Waals surface area (Å²) in [6, 6.07) is 17.2. The maximum atomic E-state index is 13.7. The maximum absolute atomic E-state index is 13.7. The van der Waals surface area contributed by atoms with Crippen molar-refractivity contribution in [1.29, 1.82) is 0 Å². The van der Waals surface area contributed by atoms with Crippen LogP contribution in [0.3, 0.4) is 0 Å². The maximum Gasteiger partial charge on any atom is 0.126 e. The van der Waals surface area contributed by atoms with Crippen molar-refractivity contribution < 1.29 is 4.39 Å². The van der Waals surface area contributed by atoms with Crippen molar-refractivity contribution in [1.82, 2.24) is 0 Å². The van der Waals surface area contributed by atoms with E-state index in [2.05, 4.69) is 12.1 Å². The zero-order valence-corrected chi connectivity index (χ0v) is 11.6. The quantitative estimate of drug-likeness (QED) is 0.805. The Morgan fingerprint density at radius 1 is 1.00 bits per heavy atom. The van der Waals surface area contributed by atoms with E-state index in [1.165, 1.54) is 11.0 Å². The summed E-state index contributed by atoms with van der Waals surface area (Å²) in [6.07, 6.45) is 0.886. The van der Waals surface area contributed by atoms with Crippen LogP contribution in [0, 0.1) is 5.82 Å². The molecule has 0 aliphatic heterocycles. The summed E-state index contributed by atoms with van der Waals surface area (Å²) in [7, 11) is 0. The highest BCUT2D eigenvalue weighted by Crippen LogP contribution is 2.26. The van der Waals surface area contributed by atoms with Crippen molar-refractivity contribution in [3.8, 4) is 0 Å². The Morgan fingerprint density at radius 3 is 2.37 bits per heavy atom. The van der Waals surface area contributed by atoms with E-state index < -0.39 is 0 Å². The first-order valence-corrected chi connectivity index (χ1v) is 7.42. The molecule has 0 aliphatic carbocycles. The molecule has 2 aromatic rings. The summed E-state index contributed by atoms with van der Waals surface area (Å²) in [4.78, 5) is 1.24. The number of hydrogen-bond acceptors (Lipinski definition) is 2. The van der Waals surface area contributed by atoms with Crippen LogP contribution in [0.5, 0.6) is 0 Å². The molecule has 1 unspecified atom stereocenters. The molecule has 0 amide bonds. The highest BCUT2D eigenvalue weighted by Gasteiger charge is 2.13. The van der Waals surface area contributed by atoms with Gasteiger partial charge in [0.1, 0.15) is 5.82 Å². The van der Waals surface area contributed by atoms with Gasteiger partial charge in [-0.2, -0.15) is 0 Å². The van der Waals surface area contributed by atoms with Crippen molar-refractivity contribution in [3.05, 3.63) is 66.0 Å². The second-order valence-corrected chi connectivity index (χ2v) is 5.57. The average molecular weight is 275 g/mol. The monoisotopic (exact) mass is 275 g/mol. The van der Waals surface area contributed by atoms with E-state index in [0.29, 0.717) is 6.54 Å². The molecule has 100 valence electrons. The molecule has 0 spiro atoms. The van der Waals surface area contributed by atoms with Gasteiger partial charge in [0.15, 0.2) is 0 Å². The minimum atomic E-state index is -0.150. The predicted molar refractivity (Wildman–Crippen MR) is 80.0 cm³/mol. The van der Waals surface area contributed by atoms with E-state index in [-0.39, 0.29) is 11.7 Å². The van der Waals surface area contributed by atoms with Gasteiger partial charge in [0.2, 0.25) is 0 Å². The molecule has 3 heteroatoms. The number of hydrogen-bond donors (Lipinski definition) is 1. The third-order valence-electron chi connectivity index (χ3n) is 3.11. The van der Waals surface area contributed by atoms with Crippen molar-refractivity contribution in [2.24, 2.45) is 5.73 Å². The van der Waals surface area contributed by atoms with Crippen LogP contribution in [-0.2, 0) is 0 Å². The number of halogens is 1. The minimum Gasteiger partial charge on any atom is -0.330 e. The fraction of sp³-hybridized carbons (Fsp3) is 0.250. The highest BCUT2D eigenvalue weighted by molar-refractivity contribution is 7.99. The zero-order chi connectivity index (χ0) is 13.5. The second-order valence-electron chi connectivity index (χ2n) is 4.40. The molecule has 0 saturated carbocycles. The van der Waals surface area contributed by atoms with E-state index >= 15 is 0 Å². The first kappa shape index (κ1) is 14.1. The van der Waals surface area contributed by atoms with E-state index in [9.17, 15) is 4.39 Å².